The van der Waals surface area contributed by atoms with E-state index < -0.39 is 5.60 Å². The Morgan fingerprint density at radius 3 is 2.83 bits per heavy atom. The molecule has 2 rings (SSSR count). The molecule has 1 N–H and O–H groups in total. The van der Waals surface area contributed by atoms with Gasteiger partial charge in [-0.1, -0.05) is 0 Å². The van der Waals surface area contributed by atoms with E-state index in [-0.39, 0.29) is 18.2 Å². The fourth-order valence-electron chi connectivity index (χ4n) is 2.95. The lowest BCUT2D eigenvalue weighted by Crippen LogP contribution is -2.41. The molecule has 1 aliphatic rings. The molecule has 0 saturated carbocycles. The lowest BCUT2D eigenvalue weighted by molar-refractivity contribution is 0.0218. The van der Waals surface area contributed by atoms with Gasteiger partial charge in [-0.3, -0.25) is 4.98 Å². The lowest BCUT2D eigenvalue weighted by Gasteiger charge is -2.30. The second kappa shape index (κ2) is 7.20. The van der Waals surface area contributed by atoms with Gasteiger partial charge in [-0.05, 0) is 66.0 Å². The molecule has 2 heterocycles. The van der Waals surface area contributed by atoms with E-state index in [1.54, 1.807) is 0 Å². The van der Waals surface area contributed by atoms with Crippen LogP contribution in [0.1, 0.15) is 52.7 Å². The molecule has 0 spiro atoms. The summed E-state index contributed by atoms with van der Waals surface area (Å²) >= 11 is 0. The Balaban J connectivity index is 1.90. The van der Waals surface area contributed by atoms with E-state index in [9.17, 15) is 4.79 Å². The summed E-state index contributed by atoms with van der Waals surface area (Å²) in [5.41, 5.74) is 1.58. The highest BCUT2D eigenvalue weighted by atomic mass is 16.6. The summed E-state index contributed by atoms with van der Waals surface area (Å²) in [5.74, 6) is 0. The smallest absolute Gasteiger partial charge is 0.410 e. The summed E-state index contributed by atoms with van der Waals surface area (Å²) in [6, 6.07) is 4.55. The number of nitrogens with one attached hydrogen (secondary N) is 1. The molecule has 0 radical (unpaired) electrons. The predicted molar refractivity (Wildman–Crippen MR) is 92.6 cm³/mol. The summed E-state index contributed by atoms with van der Waals surface area (Å²) in [7, 11) is 0. The molecule has 0 aliphatic carbocycles. The van der Waals surface area contributed by atoms with Gasteiger partial charge in [-0.15, -0.1) is 0 Å². The number of hydrogen-bond donors (Lipinski definition) is 1. The zero-order valence-electron chi connectivity index (χ0n) is 14.9. The maximum atomic E-state index is 12.3. The first-order valence-corrected chi connectivity index (χ1v) is 8.43. The molecule has 2 atom stereocenters. The van der Waals surface area contributed by atoms with Gasteiger partial charge in [0.05, 0.1) is 11.9 Å². The normalized spacial score (nSPS) is 19.5. The number of nitrogens with zero attached hydrogens (tertiary/aromatic N) is 2. The van der Waals surface area contributed by atoms with E-state index in [2.05, 4.69) is 17.2 Å². The summed E-state index contributed by atoms with van der Waals surface area (Å²) in [6.07, 6.45) is 4.66. The molecule has 5 heteroatoms. The number of aromatic nitrogens is 1. The van der Waals surface area contributed by atoms with Gasteiger partial charge >= 0.3 is 6.09 Å². The molecule has 1 saturated heterocycles. The van der Waals surface area contributed by atoms with Gasteiger partial charge in [-0.25, -0.2) is 4.79 Å². The average Bonchev–Trinajstić information content (AvgIpc) is 2.87. The van der Waals surface area contributed by atoms with Crippen LogP contribution in [-0.4, -0.2) is 40.2 Å². The Morgan fingerprint density at radius 2 is 2.22 bits per heavy atom. The molecular weight excluding hydrogens is 290 g/mol. The molecule has 128 valence electrons. The third-order valence-electron chi connectivity index (χ3n) is 3.96. The second-order valence-electron chi connectivity index (χ2n) is 7.44. The van der Waals surface area contributed by atoms with Gasteiger partial charge in [-0.2, -0.15) is 0 Å². The van der Waals surface area contributed by atoms with Gasteiger partial charge in [0.1, 0.15) is 5.60 Å². The number of hydrogen-bond acceptors (Lipinski definition) is 4. The van der Waals surface area contributed by atoms with Crippen LogP contribution in [0.3, 0.4) is 0 Å². The second-order valence-corrected chi connectivity index (χ2v) is 7.44. The average molecular weight is 319 g/mol. The first-order valence-electron chi connectivity index (χ1n) is 8.43. The van der Waals surface area contributed by atoms with Gasteiger partial charge in [0.2, 0.25) is 0 Å². The van der Waals surface area contributed by atoms with Crippen molar-refractivity contribution in [1.29, 1.82) is 0 Å². The van der Waals surface area contributed by atoms with Crippen molar-refractivity contribution < 1.29 is 9.53 Å². The van der Waals surface area contributed by atoms with Crippen molar-refractivity contribution in [2.75, 3.05) is 11.9 Å². The van der Waals surface area contributed by atoms with Crippen molar-refractivity contribution in [2.24, 2.45) is 0 Å². The molecule has 0 aromatic carbocycles. The number of amides is 1. The number of carbonyl (C=O) groups excluding carboxylic acids is 1. The lowest BCUT2D eigenvalue weighted by atomic mass is 10.1. The number of aryl methyl sites for hydroxylation is 1. The molecule has 1 amide bonds. The molecule has 1 fully saturated rings. The van der Waals surface area contributed by atoms with E-state index in [1.165, 1.54) is 0 Å². The number of pyridine rings is 1. The first kappa shape index (κ1) is 17.6. The minimum Gasteiger partial charge on any atom is -0.444 e. The van der Waals surface area contributed by atoms with Crippen molar-refractivity contribution >= 4 is 11.8 Å². The predicted octanol–water partition coefficient (Wildman–Crippen LogP) is 3.98. The summed E-state index contributed by atoms with van der Waals surface area (Å²) < 4.78 is 5.52. The molecule has 23 heavy (non-hydrogen) atoms. The van der Waals surface area contributed by atoms with Crippen LogP contribution < -0.4 is 5.32 Å². The fourth-order valence-corrected chi connectivity index (χ4v) is 2.95. The Labute approximate surface area is 139 Å². The molecule has 1 aliphatic heterocycles. The van der Waals surface area contributed by atoms with Crippen molar-refractivity contribution in [3.8, 4) is 0 Å². The van der Waals surface area contributed by atoms with Gasteiger partial charge in [0.25, 0.3) is 0 Å². The van der Waals surface area contributed by atoms with Gasteiger partial charge in [0, 0.05) is 24.3 Å². The summed E-state index contributed by atoms with van der Waals surface area (Å²) in [5, 5.41) is 3.46. The van der Waals surface area contributed by atoms with Crippen molar-refractivity contribution in [1.82, 2.24) is 9.88 Å². The molecular formula is C18H29N3O2. The first-order chi connectivity index (χ1) is 10.7. The number of rotatable bonds is 4. The van der Waals surface area contributed by atoms with Crippen LogP contribution >= 0.6 is 0 Å². The Kier molecular flexibility index (Phi) is 5.50. The Morgan fingerprint density at radius 1 is 1.48 bits per heavy atom. The number of carbonyl (C=O) groups is 1. The van der Waals surface area contributed by atoms with E-state index >= 15 is 0 Å². The highest BCUT2D eigenvalue weighted by Crippen LogP contribution is 2.25. The summed E-state index contributed by atoms with van der Waals surface area (Å²) in [4.78, 5) is 18.5. The third kappa shape index (κ3) is 5.41. The van der Waals surface area contributed by atoms with Crippen molar-refractivity contribution in [3.05, 3.63) is 24.0 Å². The SMILES string of the molecule is Cc1ccc(NC(C)CC2CCCN2C(=O)OC(C)(C)C)cn1. The molecule has 5 nitrogen and oxygen atoms in total. The van der Waals surface area contributed by atoms with Crippen LogP contribution in [0.5, 0.6) is 0 Å². The summed E-state index contributed by atoms with van der Waals surface area (Å²) in [6.45, 7) is 10.6. The molecule has 1 aromatic rings. The van der Waals surface area contributed by atoms with Crippen LogP contribution in [0.4, 0.5) is 10.5 Å². The number of anilines is 1. The standard InChI is InChI=1S/C18H29N3O2/c1-13-8-9-15(12-19-13)20-14(2)11-16-7-6-10-21(16)17(22)23-18(3,4)5/h8-9,12,14,16,20H,6-7,10-11H2,1-5H3. The minimum absolute atomic E-state index is 0.191. The molecule has 1 aromatic heterocycles. The number of likely N-dealkylation sites (tertiary alicyclic amines) is 1. The monoisotopic (exact) mass is 319 g/mol. The molecule has 0 bridgehead atoms. The molecule has 2 unspecified atom stereocenters. The zero-order chi connectivity index (χ0) is 17.0. The topological polar surface area (TPSA) is 54.5 Å². The van der Waals surface area contributed by atoms with Crippen LogP contribution in [0, 0.1) is 6.92 Å². The largest absolute Gasteiger partial charge is 0.444 e. The van der Waals surface area contributed by atoms with E-state index in [0.29, 0.717) is 0 Å². The zero-order valence-corrected chi connectivity index (χ0v) is 14.9. The van der Waals surface area contributed by atoms with Crippen molar-refractivity contribution in [3.63, 3.8) is 0 Å². The quantitative estimate of drug-likeness (QED) is 0.912. The van der Waals surface area contributed by atoms with Crippen LogP contribution in [0.2, 0.25) is 0 Å². The Bertz CT molecular complexity index is 522. The number of ether oxygens (including phenoxy) is 1. The van der Waals surface area contributed by atoms with Crippen molar-refractivity contribution in [2.45, 2.75) is 71.6 Å². The van der Waals surface area contributed by atoms with Crippen LogP contribution in [0.15, 0.2) is 18.3 Å². The van der Waals surface area contributed by atoms with E-state index in [1.807, 2.05) is 50.9 Å². The van der Waals surface area contributed by atoms with Gasteiger partial charge < -0.3 is 15.0 Å². The minimum atomic E-state index is -0.443. The van der Waals surface area contributed by atoms with Gasteiger partial charge in [0.15, 0.2) is 0 Å². The highest BCUT2D eigenvalue weighted by molar-refractivity contribution is 5.69. The highest BCUT2D eigenvalue weighted by Gasteiger charge is 2.32. The maximum absolute atomic E-state index is 12.3. The Hall–Kier alpha value is -1.78. The third-order valence-corrected chi connectivity index (χ3v) is 3.96. The van der Waals surface area contributed by atoms with Crippen LogP contribution in [-0.2, 0) is 4.74 Å². The van der Waals surface area contributed by atoms with Crippen LogP contribution in [0.25, 0.3) is 0 Å². The van der Waals surface area contributed by atoms with E-state index in [4.69, 9.17) is 4.74 Å². The fraction of sp³-hybridized carbons (Fsp3) is 0.667. The maximum Gasteiger partial charge on any atom is 0.410 e. The van der Waals surface area contributed by atoms with E-state index in [0.717, 1.165) is 37.2 Å².